The number of ether oxygens (including phenoxy) is 2. The number of hydrogen-bond donors (Lipinski definition) is 3. The first-order valence-corrected chi connectivity index (χ1v) is 13.9. The lowest BCUT2D eigenvalue weighted by Gasteiger charge is -2.36. The first-order chi connectivity index (χ1) is 19.0. The minimum atomic E-state index is -0.936. The Morgan fingerprint density at radius 1 is 0.846 bits per heavy atom. The van der Waals surface area contributed by atoms with E-state index in [0.29, 0.717) is 18.7 Å². The topological polar surface area (TPSA) is 102 Å². The molecule has 0 aromatic heterocycles. The number of aliphatic hydroxyl groups excluding tert-OH is 1. The van der Waals surface area contributed by atoms with Crippen molar-refractivity contribution in [3.05, 3.63) is 125 Å². The van der Waals surface area contributed by atoms with E-state index in [1.807, 2.05) is 60.7 Å². The molecule has 1 aliphatic heterocycles. The third kappa shape index (κ3) is 6.76. The second-order valence-electron chi connectivity index (χ2n) is 9.52. The molecule has 0 bridgehead atoms. The highest BCUT2D eigenvalue weighted by Crippen LogP contribution is 2.40. The van der Waals surface area contributed by atoms with E-state index in [1.165, 1.54) is 0 Å². The van der Waals surface area contributed by atoms with Gasteiger partial charge in [0, 0.05) is 29.2 Å². The van der Waals surface area contributed by atoms with Gasteiger partial charge in [0.2, 0.25) is 0 Å². The van der Waals surface area contributed by atoms with Crippen LogP contribution in [0.3, 0.4) is 0 Å². The van der Waals surface area contributed by atoms with E-state index in [-0.39, 0.29) is 24.4 Å². The molecule has 0 amide bonds. The molecule has 6 nitrogen and oxygen atoms in total. The molecule has 200 valence electrons. The zero-order valence-electron chi connectivity index (χ0n) is 21.4. The molecule has 0 unspecified atom stereocenters. The van der Waals surface area contributed by atoms with Crippen LogP contribution in [0, 0.1) is 0 Å². The zero-order chi connectivity index (χ0) is 27.2. The van der Waals surface area contributed by atoms with Gasteiger partial charge in [-0.2, -0.15) is 0 Å². The molecule has 0 radical (unpaired) electrons. The van der Waals surface area contributed by atoms with Crippen molar-refractivity contribution in [2.45, 2.75) is 43.0 Å². The SMILES string of the molecule is NCc1cccc(-c2cccc([C@@H]3O[C@H](CSc4ccc(C(=O)O)cc4)C[C@H](c4ccc(CO)cc4)O3)c2)c1. The largest absolute Gasteiger partial charge is 0.478 e. The van der Waals surface area contributed by atoms with Gasteiger partial charge in [-0.15, -0.1) is 11.8 Å². The van der Waals surface area contributed by atoms with Gasteiger partial charge in [0.1, 0.15) is 0 Å². The predicted octanol–water partition coefficient (Wildman–Crippen LogP) is 6.34. The van der Waals surface area contributed by atoms with Crippen LogP contribution < -0.4 is 5.73 Å². The maximum absolute atomic E-state index is 11.2. The van der Waals surface area contributed by atoms with Gasteiger partial charge in [-0.3, -0.25) is 0 Å². The normalized spacial score (nSPS) is 19.1. The third-order valence-electron chi connectivity index (χ3n) is 6.81. The standard InChI is InChI=1S/C32H31NO5S/c33-18-22-3-1-4-25(15-22)26-5-2-6-27(16-26)32-37-28(20-39-29-13-11-24(12-14-29)31(35)36)17-30(38-32)23-9-7-21(19-34)8-10-23/h1-16,28,30,32,34H,17-20,33H2,(H,35,36)/t28-,30+,32+/m0/s1. The van der Waals surface area contributed by atoms with E-state index in [9.17, 15) is 15.0 Å². The number of carbonyl (C=O) groups is 1. The van der Waals surface area contributed by atoms with E-state index in [4.69, 9.17) is 15.2 Å². The van der Waals surface area contributed by atoms with Gasteiger partial charge in [-0.05, 0) is 64.2 Å². The summed E-state index contributed by atoms with van der Waals surface area (Å²) in [5.41, 5.74) is 12.2. The molecule has 5 rings (SSSR count). The Bertz CT molecular complexity index is 1410. The lowest BCUT2D eigenvalue weighted by molar-refractivity contribution is -0.245. The first-order valence-electron chi connectivity index (χ1n) is 12.9. The maximum atomic E-state index is 11.2. The second kappa shape index (κ2) is 12.6. The summed E-state index contributed by atoms with van der Waals surface area (Å²) >= 11 is 1.63. The highest BCUT2D eigenvalue weighted by atomic mass is 32.2. The summed E-state index contributed by atoms with van der Waals surface area (Å²) < 4.78 is 13.0. The van der Waals surface area contributed by atoms with E-state index >= 15 is 0 Å². The molecule has 39 heavy (non-hydrogen) atoms. The minimum Gasteiger partial charge on any atom is -0.478 e. The average Bonchev–Trinajstić information content (AvgIpc) is 3.00. The van der Waals surface area contributed by atoms with Gasteiger partial charge in [0.05, 0.1) is 24.4 Å². The zero-order valence-corrected chi connectivity index (χ0v) is 22.2. The molecule has 3 atom stereocenters. The van der Waals surface area contributed by atoms with Crippen LogP contribution in [0.2, 0.25) is 0 Å². The number of aromatic carboxylic acids is 1. The van der Waals surface area contributed by atoms with Gasteiger partial charge in [0.25, 0.3) is 0 Å². The summed E-state index contributed by atoms with van der Waals surface area (Å²) in [6.45, 7) is 0.479. The summed E-state index contributed by atoms with van der Waals surface area (Å²) in [4.78, 5) is 12.2. The fourth-order valence-electron chi connectivity index (χ4n) is 4.65. The Balaban J connectivity index is 1.38. The lowest BCUT2D eigenvalue weighted by atomic mass is 9.99. The van der Waals surface area contributed by atoms with Gasteiger partial charge >= 0.3 is 5.97 Å². The molecule has 0 saturated carbocycles. The predicted molar refractivity (Wildman–Crippen MR) is 152 cm³/mol. The summed E-state index contributed by atoms with van der Waals surface area (Å²) in [5, 5.41) is 18.6. The number of carboxylic acid groups (broad SMARTS) is 1. The Kier molecular flexibility index (Phi) is 8.76. The van der Waals surface area contributed by atoms with Crippen molar-refractivity contribution >= 4 is 17.7 Å². The molecule has 0 aliphatic carbocycles. The average molecular weight is 542 g/mol. The number of benzene rings is 4. The lowest BCUT2D eigenvalue weighted by Crippen LogP contribution is -2.31. The Labute approximate surface area is 232 Å². The van der Waals surface area contributed by atoms with Crippen molar-refractivity contribution in [2.24, 2.45) is 5.73 Å². The Hall–Kier alpha value is -3.46. The maximum Gasteiger partial charge on any atom is 0.335 e. The molecule has 4 aromatic carbocycles. The fourth-order valence-corrected chi connectivity index (χ4v) is 5.57. The molecule has 1 fully saturated rings. The fraction of sp³-hybridized carbons (Fsp3) is 0.219. The van der Waals surface area contributed by atoms with E-state index in [2.05, 4.69) is 24.3 Å². The number of aliphatic hydroxyl groups is 1. The van der Waals surface area contributed by atoms with Crippen molar-refractivity contribution < 1.29 is 24.5 Å². The number of nitrogens with two attached hydrogens (primary N) is 1. The quantitative estimate of drug-likeness (QED) is 0.213. The van der Waals surface area contributed by atoms with Crippen molar-refractivity contribution in [1.82, 2.24) is 0 Å². The van der Waals surface area contributed by atoms with Crippen LogP contribution in [0.5, 0.6) is 0 Å². The molecule has 1 saturated heterocycles. The van der Waals surface area contributed by atoms with Crippen LogP contribution in [0.1, 0.15) is 51.4 Å². The number of hydrogen-bond acceptors (Lipinski definition) is 6. The molecule has 4 aromatic rings. The van der Waals surface area contributed by atoms with E-state index in [1.54, 1.807) is 23.9 Å². The van der Waals surface area contributed by atoms with Crippen LogP contribution in [0.25, 0.3) is 11.1 Å². The van der Waals surface area contributed by atoms with Crippen molar-refractivity contribution in [3.63, 3.8) is 0 Å². The summed E-state index contributed by atoms with van der Waals surface area (Å²) in [6.07, 6.45) is -0.160. The van der Waals surface area contributed by atoms with E-state index in [0.717, 1.165) is 38.3 Å². The molecular weight excluding hydrogens is 510 g/mol. The number of thioether (sulfide) groups is 1. The van der Waals surface area contributed by atoms with E-state index < -0.39 is 12.3 Å². The highest BCUT2D eigenvalue weighted by Gasteiger charge is 2.32. The van der Waals surface area contributed by atoms with Crippen LogP contribution in [-0.4, -0.2) is 28.0 Å². The first kappa shape index (κ1) is 27.1. The summed E-state index contributed by atoms with van der Waals surface area (Å²) in [6, 6.07) is 31.2. The Morgan fingerprint density at radius 2 is 1.56 bits per heavy atom. The van der Waals surface area contributed by atoms with Crippen LogP contribution >= 0.6 is 11.8 Å². The molecule has 0 spiro atoms. The van der Waals surface area contributed by atoms with Crippen molar-refractivity contribution in [3.8, 4) is 11.1 Å². The van der Waals surface area contributed by atoms with Crippen LogP contribution in [0.4, 0.5) is 0 Å². The molecular formula is C32H31NO5S. The monoisotopic (exact) mass is 541 g/mol. The highest BCUT2D eigenvalue weighted by molar-refractivity contribution is 7.99. The molecule has 1 heterocycles. The number of rotatable bonds is 9. The summed E-state index contributed by atoms with van der Waals surface area (Å²) in [5.74, 6) is -0.246. The van der Waals surface area contributed by atoms with Gasteiger partial charge < -0.3 is 25.4 Å². The smallest absolute Gasteiger partial charge is 0.335 e. The minimum absolute atomic E-state index is 0.00434. The van der Waals surface area contributed by atoms with Gasteiger partial charge in [-0.25, -0.2) is 4.79 Å². The second-order valence-corrected chi connectivity index (χ2v) is 10.6. The molecule has 1 aliphatic rings. The van der Waals surface area contributed by atoms with Gasteiger partial charge in [0.15, 0.2) is 6.29 Å². The van der Waals surface area contributed by atoms with Gasteiger partial charge in [-0.1, -0.05) is 60.7 Å². The summed E-state index contributed by atoms with van der Waals surface area (Å²) in [7, 11) is 0. The van der Waals surface area contributed by atoms with Crippen LogP contribution in [-0.2, 0) is 22.6 Å². The Morgan fingerprint density at radius 3 is 2.26 bits per heavy atom. The van der Waals surface area contributed by atoms with Crippen molar-refractivity contribution in [2.75, 3.05) is 5.75 Å². The third-order valence-corrected chi connectivity index (χ3v) is 7.95. The van der Waals surface area contributed by atoms with Crippen molar-refractivity contribution in [1.29, 1.82) is 0 Å². The van der Waals surface area contributed by atoms with Crippen LogP contribution in [0.15, 0.2) is 102 Å². The molecule has 4 N–H and O–H groups in total. The number of carboxylic acids is 1. The molecule has 7 heteroatoms.